The molecule has 0 aliphatic heterocycles. The summed E-state index contributed by atoms with van der Waals surface area (Å²) in [4.78, 5) is 0. The summed E-state index contributed by atoms with van der Waals surface area (Å²) < 4.78 is 1.95. The standard InChI is InChI=1S/C15H24N2O/c1-2-17-13(5-12-16-17)15(18)10-8-14(9-11-15)6-3-4-7-14/h5,12,18H,2-4,6-11H2,1H3. The Morgan fingerprint density at radius 1 is 1.17 bits per heavy atom. The monoisotopic (exact) mass is 248 g/mol. The highest BCUT2D eigenvalue weighted by atomic mass is 16.3. The molecule has 0 amide bonds. The van der Waals surface area contributed by atoms with E-state index in [2.05, 4.69) is 12.0 Å². The molecule has 0 saturated heterocycles. The quantitative estimate of drug-likeness (QED) is 0.872. The Morgan fingerprint density at radius 2 is 1.83 bits per heavy atom. The van der Waals surface area contributed by atoms with E-state index in [1.165, 1.54) is 38.5 Å². The first-order valence-electron chi connectivity index (χ1n) is 7.42. The topological polar surface area (TPSA) is 38.0 Å². The molecular formula is C15H24N2O. The van der Waals surface area contributed by atoms with Gasteiger partial charge in [0, 0.05) is 12.7 Å². The summed E-state index contributed by atoms with van der Waals surface area (Å²) in [6.45, 7) is 2.93. The zero-order valence-corrected chi connectivity index (χ0v) is 11.4. The van der Waals surface area contributed by atoms with Gasteiger partial charge in [0.2, 0.25) is 0 Å². The molecule has 2 aliphatic rings. The summed E-state index contributed by atoms with van der Waals surface area (Å²) in [7, 11) is 0. The maximum Gasteiger partial charge on any atom is 0.106 e. The maximum absolute atomic E-state index is 10.9. The number of nitrogens with zero attached hydrogens (tertiary/aromatic N) is 2. The number of aryl methyl sites for hydroxylation is 1. The third kappa shape index (κ3) is 1.89. The van der Waals surface area contributed by atoms with E-state index in [-0.39, 0.29) is 0 Å². The fourth-order valence-corrected chi connectivity index (χ4v) is 4.06. The molecule has 1 heterocycles. The van der Waals surface area contributed by atoms with Crippen LogP contribution in [0.15, 0.2) is 12.3 Å². The summed E-state index contributed by atoms with van der Waals surface area (Å²) in [6, 6.07) is 2.00. The predicted molar refractivity (Wildman–Crippen MR) is 71.2 cm³/mol. The van der Waals surface area contributed by atoms with Crippen LogP contribution in [-0.2, 0) is 12.1 Å². The van der Waals surface area contributed by atoms with Crippen molar-refractivity contribution in [3.8, 4) is 0 Å². The third-order valence-corrected chi connectivity index (χ3v) is 5.29. The van der Waals surface area contributed by atoms with E-state index in [1.807, 2.05) is 16.9 Å². The largest absolute Gasteiger partial charge is 0.384 e. The molecule has 0 atom stereocenters. The number of hydrogen-bond donors (Lipinski definition) is 1. The molecule has 0 aromatic carbocycles. The third-order valence-electron chi connectivity index (χ3n) is 5.29. The van der Waals surface area contributed by atoms with Gasteiger partial charge in [-0.2, -0.15) is 5.10 Å². The van der Waals surface area contributed by atoms with Crippen LogP contribution in [0.5, 0.6) is 0 Å². The molecule has 0 radical (unpaired) electrons. The van der Waals surface area contributed by atoms with Crippen LogP contribution >= 0.6 is 0 Å². The van der Waals surface area contributed by atoms with Gasteiger partial charge < -0.3 is 5.11 Å². The predicted octanol–water partition coefficient (Wildman–Crippen LogP) is 3.23. The zero-order chi connectivity index (χ0) is 12.6. The molecule has 1 aromatic rings. The van der Waals surface area contributed by atoms with E-state index in [9.17, 15) is 5.11 Å². The average molecular weight is 248 g/mol. The second-order valence-electron chi connectivity index (χ2n) is 6.27. The lowest BCUT2D eigenvalue weighted by atomic mass is 9.67. The minimum Gasteiger partial charge on any atom is -0.384 e. The SMILES string of the molecule is CCn1nccc1C1(O)CCC2(CCCC2)CC1. The van der Waals surface area contributed by atoms with Gasteiger partial charge in [-0.3, -0.25) is 4.68 Å². The molecule has 1 aromatic heterocycles. The van der Waals surface area contributed by atoms with Crippen molar-refractivity contribution in [2.75, 3.05) is 0 Å². The molecule has 2 saturated carbocycles. The summed E-state index contributed by atoms with van der Waals surface area (Å²) in [5, 5.41) is 15.2. The summed E-state index contributed by atoms with van der Waals surface area (Å²) in [5.74, 6) is 0. The second-order valence-corrected chi connectivity index (χ2v) is 6.27. The van der Waals surface area contributed by atoms with Gasteiger partial charge in [-0.15, -0.1) is 0 Å². The van der Waals surface area contributed by atoms with Crippen LogP contribution in [0.25, 0.3) is 0 Å². The van der Waals surface area contributed by atoms with Crippen molar-refractivity contribution in [3.05, 3.63) is 18.0 Å². The first kappa shape index (κ1) is 12.2. The van der Waals surface area contributed by atoms with E-state index in [4.69, 9.17) is 0 Å². The second kappa shape index (κ2) is 4.37. The Bertz CT molecular complexity index is 408. The average Bonchev–Trinajstić information content (AvgIpc) is 3.03. The summed E-state index contributed by atoms with van der Waals surface area (Å²) in [5.41, 5.74) is 0.974. The highest BCUT2D eigenvalue weighted by Crippen LogP contribution is 2.53. The van der Waals surface area contributed by atoms with Crippen LogP contribution in [0, 0.1) is 5.41 Å². The highest BCUT2D eigenvalue weighted by molar-refractivity contribution is 5.14. The molecule has 2 fully saturated rings. The van der Waals surface area contributed by atoms with Crippen LogP contribution in [0.1, 0.15) is 64.0 Å². The lowest BCUT2D eigenvalue weighted by molar-refractivity contribution is -0.0439. The minimum atomic E-state index is -0.625. The normalized spacial score (nSPS) is 25.7. The number of aliphatic hydroxyl groups is 1. The van der Waals surface area contributed by atoms with Gasteiger partial charge in [0.25, 0.3) is 0 Å². The summed E-state index contributed by atoms with van der Waals surface area (Å²) in [6.07, 6.45) is 11.6. The zero-order valence-electron chi connectivity index (χ0n) is 11.4. The molecule has 1 N–H and O–H groups in total. The van der Waals surface area contributed by atoms with Crippen molar-refractivity contribution >= 4 is 0 Å². The maximum atomic E-state index is 10.9. The fourth-order valence-electron chi connectivity index (χ4n) is 4.06. The minimum absolute atomic E-state index is 0.573. The Balaban J connectivity index is 1.78. The van der Waals surface area contributed by atoms with Crippen LogP contribution in [0.4, 0.5) is 0 Å². The Morgan fingerprint density at radius 3 is 2.44 bits per heavy atom. The Kier molecular flexibility index (Phi) is 2.97. The van der Waals surface area contributed by atoms with Crippen molar-refractivity contribution in [1.82, 2.24) is 9.78 Å². The van der Waals surface area contributed by atoms with Gasteiger partial charge in [0.15, 0.2) is 0 Å². The van der Waals surface area contributed by atoms with Crippen LogP contribution in [-0.4, -0.2) is 14.9 Å². The molecule has 3 nitrogen and oxygen atoms in total. The molecule has 3 rings (SSSR count). The Labute approximate surface area is 109 Å². The first-order chi connectivity index (χ1) is 8.68. The molecule has 0 bridgehead atoms. The van der Waals surface area contributed by atoms with E-state index < -0.39 is 5.60 Å². The van der Waals surface area contributed by atoms with Crippen molar-refractivity contribution in [2.45, 2.75) is 70.4 Å². The van der Waals surface area contributed by atoms with E-state index in [0.29, 0.717) is 5.41 Å². The van der Waals surface area contributed by atoms with E-state index in [1.54, 1.807) is 0 Å². The molecule has 18 heavy (non-hydrogen) atoms. The van der Waals surface area contributed by atoms with Crippen molar-refractivity contribution in [3.63, 3.8) is 0 Å². The van der Waals surface area contributed by atoms with Gasteiger partial charge >= 0.3 is 0 Å². The van der Waals surface area contributed by atoms with Gasteiger partial charge in [-0.25, -0.2) is 0 Å². The molecular weight excluding hydrogens is 224 g/mol. The Hall–Kier alpha value is -0.830. The van der Waals surface area contributed by atoms with Gasteiger partial charge in [-0.1, -0.05) is 12.8 Å². The molecule has 3 heteroatoms. The van der Waals surface area contributed by atoms with Crippen molar-refractivity contribution in [1.29, 1.82) is 0 Å². The molecule has 1 spiro atoms. The number of hydrogen-bond acceptors (Lipinski definition) is 2. The van der Waals surface area contributed by atoms with Gasteiger partial charge in [0.1, 0.15) is 5.60 Å². The fraction of sp³-hybridized carbons (Fsp3) is 0.800. The van der Waals surface area contributed by atoms with E-state index in [0.717, 1.165) is 25.1 Å². The van der Waals surface area contributed by atoms with Gasteiger partial charge in [0.05, 0.1) is 5.69 Å². The number of aromatic nitrogens is 2. The van der Waals surface area contributed by atoms with E-state index >= 15 is 0 Å². The van der Waals surface area contributed by atoms with Crippen LogP contribution in [0.2, 0.25) is 0 Å². The highest BCUT2D eigenvalue weighted by Gasteiger charge is 2.44. The summed E-state index contributed by atoms with van der Waals surface area (Å²) >= 11 is 0. The van der Waals surface area contributed by atoms with Crippen molar-refractivity contribution in [2.24, 2.45) is 5.41 Å². The first-order valence-corrected chi connectivity index (χ1v) is 7.42. The molecule has 100 valence electrons. The van der Waals surface area contributed by atoms with Crippen LogP contribution in [0.3, 0.4) is 0 Å². The van der Waals surface area contributed by atoms with Crippen LogP contribution < -0.4 is 0 Å². The molecule has 0 unspecified atom stereocenters. The lowest BCUT2D eigenvalue weighted by Crippen LogP contribution is -2.37. The number of rotatable bonds is 2. The molecule has 2 aliphatic carbocycles. The smallest absolute Gasteiger partial charge is 0.106 e. The van der Waals surface area contributed by atoms with Crippen molar-refractivity contribution < 1.29 is 5.11 Å². The van der Waals surface area contributed by atoms with Gasteiger partial charge in [-0.05, 0) is 56.9 Å². The lowest BCUT2D eigenvalue weighted by Gasteiger charge is -2.42.